The third-order valence-corrected chi connectivity index (χ3v) is 4.10. The number of benzene rings is 2. The first-order valence-corrected chi connectivity index (χ1v) is 8.10. The van der Waals surface area contributed by atoms with Crippen molar-refractivity contribution in [1.82, 2.24) is 9.97 Å². The van der Waals surface area contributed by atoms with Crippen molar-refractivity contribution in [3.63, 3.8) is 0 Å². The van der Waals surface area contributed by atoms with Crippen LogP contribution in [0.3, 0.4) is 0 Å². The van der Waals surface area contributed by atoms with Crippen molar-refractivity contribution in [2.75, 3.05) is 10.6 Å². The highest BCUT2D eigenvalue weighted by atomic mass is 35.5. The lowest BCUT2D eigenvalue weighted by Gasteiger charge is -2.09. The fourth-order valence-corrected chi connectivity index (χ4v) is 2.39. The molecular weight excluding hydrogens is 350 g/mol. The molecule has 1 heterocycles. The number of carbonyl (C=O) groups excluding carboxylic acids is 1. The minimum Gasteiger partial charge on any atom is -0.339 e. The topological polar surface area (TPSA) is 90.7 Å². The maximum Gasteiger partial charge on any atom is 0.275 e. The minimum absolute atomic E-state index is 0.190. The largest absolute Gasteiger partial charge is 0.339 e. The van der Waals surface area contributed by atoms with E-state index in [-0.39, 0.29) is 11.6 Å². The predicted octanol–water partition coefficient (Wildman–Crippen LogP) is 4.31. The van der Waals surface area contributed by atoms with Gasteiger partial charge in [0.05, 0.1) is 24.0 Å². The molecule has 0 aliphatic carbocycles. The van der Waals surface area contributed by atoms with E-state index in [0.29, 0.717) is 22.1 Å². The van der Waals surface area contributed by atoms with Gasteiger partial charge in [0.15, 0.2) is 0 Å². The van der Waals surface area contributed by atoms with Gasteiger partial charge >= 0.3 is 0 Å². The molecule has 0 radical (unpaired) electrons. The number of aromatic nitrogens is 2. The first-order valence-electron chi connectivity index (χ1n) is 7.72. The fourth-order valence-electron chi connectivity index (χ4n) is 2.22. The van der Waals surface area contributed by atoms with E-state index >= 15 is 0 Å². The Labute approximate surface area is 155 Å². The summed E-state index contributed by atoms with van der Waals surface area (Å²) >= 11 is 6.05. The van der Waals surface area contributed by atoms with Gasteiger partial charge in [-0.3, -0.25) is 4.79 Å². The molecule has 1 aromatic heterocycles. The van der Waals surface area contributed by atoms with Crippen molar-refractivity contribution in [2.24, 2.45) is 0 Å². The van der Waals surface area contributed by atoms with E-state index < -0.39 is 0 Å². The number of carbonyl (C=O) groups is 1. The Morgan fingerprint density at radius 3 is 2.54 bits per heavy atom. The quantitative estimate of drug-likeness (QED) is 0.720. The second-order valence-electron chi connectivity index (χ2n) is 5.47. The fraction of sp³-hybridized carbons (Fsp3) is 0.0526. The van der Waals surface area contributed by atoms with Crippen LogP contribution in [0, 0.1) is 18.3 Å². The van der Waals surface area contributed by atoms with Gasteiger partial charge in [0.25, 0.3) is 5.91 Å². The van der Waals surface area contributed by atoms with Gasteiger partial charge in [0.1, 0.15) is 11.5 Å². The van der Waals surface area contributed by atoms with Gasteiger partial charge in [0, 0.05) is 16.4 Å². The van der Waals surface area contributed by atoms with Crippen LogP contribution in [-0.4, -0.2) is 15.9 Å². The van der Waals surface area contributed by atoms with E-state index in [1.807, 2.05) is 6.92 Å². The Kier molecular flexibility index (Phi) is 5.11. The molecule has 26 heavy (non-hydrogen) atoms. The molecule has 0 unspecified atom stereocenters. The van der Waals surface area contributed by atoms with Crippen LogP contribution in [0.5, 0.6) is 0 Å². The lowest BCUT2D eigenvalue weighted by Crippen LogP contribution is -2.15. The van der Waals surface area contributed by atoms with Crippen molar-refractivity contribution in [3.05, 3.63) is 76.7 Å². The third-order valence-electron chi connectivity index (χ3n) is 3.69. The highest BCUT2D eigenvalue weighted by Gasteiger charge is 2.11. The first-order chi connectivity index (χ1) is 12.6. The van der Waals surface area contributed by atoms with Crippen LogP contribution in [-0.2, 0) is 0 Å². The van der Waals surface area contributed by atoms with Gasteiger partial charge in [-0.25, -0.2) is 9.97 Å². The maximum absolute atomic E-state index is 12.3. The van der Waals surface area contributed by atoms with Crippen LogP contribution in [0.2, 0.25) is 5.02 Å². The van der Waals surface area contributed by atoms with Gasteiger partial charge in [-0.1, -0.05) is 17.7 Å². The summed E-state index contributed by atoms with van der Waals surface area (Å²) in [4.78, 5) is 20.6. The molecule has 0 saturated carbocycles. The van der Waals surface area contributed by atoms with Gasteiger partial charge < -0.3 is 10.6 Å². The molecule has 0 fully saturated rings. The molecule has 1 amide bonds. The molecule has 7 heteroatoms. The molecule has 0 aliphatic rings. The number of hydrogen-bond donors (Lipinski definition) is 2. The summed E-state index contributed by atoms with van der Waals surface area (Å²) in [6, 6.07) is 14.3. The number of anilines is 3. The molecule has 0 aliphatic heterocycles. The van der Waals surface area contributed by atoms with Crippen LogP contribution >= 0.6 is 11.6 Å². The van der Waals surface area contributed by atoms with E-state index in [1.165, 1.54) is 12.4 Å². The molecule has 2 N–H and O–H groups in total. The third kappa shape index (κ3) is 3.97. The maximum atomic E-state index is 12.3. The van der Waals surface area contributed by atoms with E-state index in [1.54, 1.807) is 42.5 Å². The Morgan fingerprint density at radius 1 is 1.12 bits per heavy atom. The van der Waals surface area contributed by atoms with Crippen LogP contribution in [0.1, 0.15) is 21.6 Å². The summed E-state index contributed by atoms with van der Waals surface area (Å²) < 4.78 is 0. The number of hydrogen-bond acceptors (Lipinski definition) is 5. The van der Waals surface area contributed by atoms with E-state index in [4.69, 9.17) is 16.9 Å². The van der Waals surface area contributed by atoms with Crippen LogP contribution in [0.4, 0.5) is 17.2 Å². The molecule has 3 aromatic rings. The molecular formula is C19H14ClN5O. The lowest BCUT2D eigenvalue weighted by molar-refractivity contribution is 0.102. The minimum atomic E-state index is -0.368. The lowest BCUT2D eigenvalue weighted by atomic mass is 10.2. The molecule has 0 atom stereocenters. The van der Waals surface area contributed by atoms with Crippen molar-refractivity contribution in [3.8, 4) is 6.07 Å². The second-order valence-corrected chi connectivity index (χ2v) is 5.87. The average molecular weight is 364 g/mol. The smallest absolute Gasteiger partial charge is 0.275 e. The predicted molar refractivity (Wildman–Crippen MR) is 101 cm³/mol. The molecule has 0 spiro atoms. The van der Waals surface area contributed by atoms with Gasteiger partial charge in [0.2, 0.25) is 0 Å². The van der Waals surface area contributed by atoms with E-state index in [9.17, 15) is 4.79 Å². The number of nitrogens with one attached hydrogen (secondary N) is 2. The summed E-state index contributed by atoms with van der Waals surface area (Å²) in [6.07, 6.45) is 2.86. The van der Waals surface area contributed by atoms with E-state index in [0.717, 1.165) is 11.3 Å². The molecule has 6 nitrogen and oxygen atoms in total. The zero-order chi connectivity index (χ0) is 18.5. The van der Waals surface area contributed by atoms with E-state index in [2.05, 4.69) is 26.7 Å². The van der Waals surface area contributed by atoms with Gasteiger partial charge in [-0.2, -0.15) is 5.26 Å². The summed E-state index contributed by atoms with van der Waals surface area (Å²) in [6.45, 7) is 1.83. The molecule has 0 saturated heterocycles. The molecule has 0 bridgehead atoms. The Hall–Kier alpha value is -3.43. The Morgan fingerprint density at radius 2 is 1.88 bits per heavy atom. The monoisotopic (exact) mass is 363 g/mol. The Balaban J connectivity index is 1.69. The molecule has 2 aromatic carbocycles. The summed E-state index contributed by atoms with van der Waals surface area (Å²) in [5.41, 5.74) is 2.95. The number of amides is 1. The number of nitrogens with zero attached hydrogens (tertiary/aromatic N) is 3. The summed E-state index contributed by atoms with van der Waals surface area (Å²) in [5.74, 6) is 0.123. The van der Waals surface area contributed by atoms with Crippen molar-refractivity contribution < 1.29 is 4.79 Å². The zero-order valence-corrected chi connectivity index (χ0v) is 14.6. The van der Waals surface area contributed by atoms with Gasteiger partial charge in [-0.05, 0) is 48.9 Å². The highest BCUT2D eigenvalue weighted by Crippen LogP contribution is 2.23. The van der Waals surface area contributed by atoms with Crippen LogP contribution in [0.15, 0.2) is 54.9 Å². The summed E-state index contributed by atoms with van der Waals surface area (Å²) in [5, 5.41) is 15.2. The number of nitriles is 1. The second kappa shape index (κ2) is 7.64. The SMILES string of the molecule is Cc1c(Cl)cccc1NC(=O)c1cnc(Nc2ccc(C#N)cc2)cn1. The highest BCUT2D eigenvalue weighted by molar-refractivity contribution is 6.31. The standard InChI is InChI=1S/C19H14ClN5O/c1-12-15(20)3-2-4-16(12)25-19(26)17-10-23-18(11-22-17)24-14-7-5-13(9-21)6-8-14/h2-8,10-11H,1H3,(H,23,24)(H,25,26). The van der Waals surface area contributed by atoms with Crippen LogP contribution in [0.25, 0.3) is 0 Å². The number of halogens is 1. The van der Waals surface area contributed by atoms with Crippen molar-refractivity contribution >= 4 is 34.7 Å². The normalized spacial score (nSPS) is 10.0. The Bertz CT molecular complexity index is 978. The first kappa shape index (κ1) is 17.4. The molecule has 3 rings (SSSR count). The van der Waals surface area contributed by atoms with Crippen LogP contribution < -0.4 is 10.6 Å². The average Bonchev–Trinajstić information content (AvgIpc) is 2.66. The zero-order valence-electron chi connectivity index (χ0n) is 13.8. The number of rotatable bonds is 4. The molecule has 128 valence electrons. The van der Waals surface area contributed by atoms with Crippen molar-refractivity contribution in [2.45, 2.75) is 6.92 Å². The summed E-state index contributed by atoms with van der Waals surface area (Å²) in [7, 11) is 0. The van der Waals surface area contributed by atoms with Gasteiger partial charge in [-0.15, -0.1) is 0 Å². The van der Waals surface area contributed by atoms with Crippen molar-refractivity contribution in [1.29, 1.82) is 5.26 Å².